The molecular formula is C14H12N2O2. The molecule has 0 heterocycles. The number of carbonyl (C=O) groups excluding carboxylic acids is 2. The van der Waals surface area contributed by atoms with Gasteiger partial charge in [0.2, 0.25) is 5.91 Å². The summed E-state index contributed by atoms with van der Waals surface area (Å²) < 4.78 is 0. The molecule has 0 saturated carbocycles. The first-order valence-corrected chi connectivity index (χ1v) is 5.38. The van der Waals surface area contributed by atoms with Crippen LogP contribution in [0, 0.1) is 0 Å². The Balaban J connectivity index is 2.54. The average Bonchev–Trinajstić information content (AvgIpc) is 2.38. The van der Waals surface area contributed by atoms with Gasteiger partial charge in [-0.3, -0.25) is 9.59 Å². The Labute approximate surface area is 104 Å². The second-order valence-corrected chi connectivity index (χ2v) is 3.86. The molecule has 4 nitrogen and oxygen atoms in total. The van der Waals surface area contributed by atoms with E-state index in [0.29, 0.717) is 11.3 Å². The molecule has 2 aromatic carbocycles. The number of nitrogens with two attached hydrogens (primary N) is 2. The molecule has 0 aliphatic heterocycles. The van der Waals surface area contributed by atoms with Crippen LogP contribution in [0.4, 0.5) is 5.69 Å². The van der Waals surface area contributed by atoms with E-state index in [0.717, 1.165) is 0 Å². The maximum atomic E-state index is 12.3. The van der Waals surface area contributed by atoms with Crippen molar-refractivity contribution in [1.29, 1.82) is 0 Å². The summed E-state index contributed by atoms with van der Waals surface area (Å²) >= 11 is 0. The number of nitrogen functional groups attached to an aromatic ring is 1. The van der Waals surface area contributed by atoms with Crippen molar-refractivity contribution in [2.45, 2.75) is 0 Å². The monoisotopic (exact) mass is 240 g/mol. The van der Waals surface area contributed by atoms with Crippen LogP contribution in [0.3, 0.4) is 0 Å². The fraction of sp³-hybridized carbons (Fsp3) is 0. The third-order valence-corrected chi connectivity index (χ3v) is 2.59. The van der Waals surface area contributed by atoms with Crippen LogP contribution in [-0.4, -0.2) is 11.7 Å². The van der Waals surface area contributed by atoms with Gasteiger partial charge < -0.3 is 11.5 Å². The molecule has 0 unspecified atom stereocenters. The number of benzene rings is 2. The Morgan fingerprint density at radius 3 is 2.17 bits per heavy atom. The van der Waals surface area contributed by atoms with Gasteiger partial charge in [-0.2, -0.15) is 0 Å². The summed E-state index contributed by atoms with van der Waals surface area (Å²) in [6.07, 6.45) is 0. The Hall–Kier alpha value is -2.62. The average molecular weight is 240 g/mol. The van der Waals surface area contributed by atoms with E-state index < -0.39 is 5.91 Å². The van der Waals surface area contributed by atoms with E-state index in [9.17, 15) is 9.59 Å². The normalized spacial score (nSPS) is 10.0. The second-order valence-electron chi connectivity index (χ2n) is 3.86. The summed E-state index contributed by atoms with van der Waals surface area (Å²) in [6.45, 7) is 0. The van der Waals surface area contributed by atoms with Crippen LogP contribution in [0.1, 0.15) is 26.3 Å². The molecule has 0 saturated heterocycles. The highest BCUT2D eigenvalue weighted by atomic mass is 16.1. The molecule has 0 spiro atoms. The van der Waals surface area contributed by atoms with E-state index in [1.165, 1.54) is 12.1 Å². The molecule has 0 aliphatic carbocycles. The minimum atomic E-state index is -0.644. The smallest absolute Gasteiger partial charge is 0.249 e. The van der Waals surface area contributed by atoms with E-state index in [4.69, 9.17) is 11.5 Å². The van der Waals surface area contributed by atoms with E-state index in [-0.39, 0.29) is 16.9 Å². The molecule has 2 aromatic rings. The van der Waals surface area contributed by atoms with Crippen LogP contribution in [0.2, 0.25) is 0 Å². The van der Waals surface area contributed by atoms with Crippen molar-refractivity contribution in [3.05, 3.63) is 65.2 Å². The number of ketones is 1. The van der Waals surface area contributed by atoms with Crippen molar-refractivity contribution in [3.8, 4) is 0 Å². The van der Waals surface area contributed by atoms with Crippen LogP contribution in [0.15, 0.2) is 48.5 Å². The summed E-state index contributed by atoms with van der Waals surface area (Å²) in [5, 5.41) is 0. The topological polar surface area (TPSA) is 86.2 Å². The quantitative estimate of drug-likeness (QED) is 0.631. The molecule has 0 aromatic heterocycles. The molecule has 2 rings (SSSR count). The van der Waals surface area contributed by atoms with Gasteiger partial charge in [0.15, 0.2) is 5.78 Å². The Morgan fingerprint density at radius 2 is 1.56 bits per heavy atom. The number of amides is 1. The van der Waals surface area contributed by atoms with Gasteiger partial charge in [0, 0.05) is 16.8 Å². The fourth-order valence-corrected chi connectivity index (χ4v) is 1.71. The van der Waals surface area contributed by atoms with Crippen LogP contribution in [0.5, 0.6) is 0 Å². The standard InChI is InChI=1S/C14H12N2O2/c15-10-6-7-11(14(16)18)12(8-10)13(17)9-4-2-1-3-5-9/h1-8H,15H2,(H2,16,18). The van der Waals surface area contributed by atoms with Gasteiger partial charge in [0.05, 0.1) is 5.56 Å². The largest absolute Gasteiger partial charge is 0.399 e. The van der Waals surface area contributed by atoms with E-state index in [2.05, 4.69) is 0 Å². The maximum absolute atomic E-state index is 12.3. The third kappa shape index (κ3) is 2.22. The minimum absolute atomic E-state index is 0.179. The SMILES string of the molecule is NC(=O)c1ccc(N)cc1C(=O)c1ccccc1. The van der Waals surface area contributed by atoms with Crippen molar-refractivity contribution in [3.63, 3.8) is 0 Å². The van der Waals surface area contributed by atoms with E-state index in [1.54, 1.807) is 30.3 Å². The first-order valence-electron chi connectivity index (χ1n) is 5.38. The third-order valence-electron chi connectivity index (χ3n) is 2.59. The van der Waals surface area contributed by atoms with Crippen molar-refractivity contribution in [2.75, 3.05) is 5.73 Å². The van der Waals surface area contributed by atoms with Crippen molar-refractivity contribution >= 4 is 17.4 Å². The first-order chi connectivity index (χ1) is 8.59. The van der Waals surface area contributed by atoms with Gasteiger partial charge in [-0.25, -0.2) is 0 Å². The maximum Gasteiger partial charge on any atom is 0.249 e. The summed E-state index contributed by atoms with van der Waals surface area (Å²) in [6, 6.07) is 13.1. The summed E-state index contributed by atoms with van der Waals surface area (Å²) in [5.41, 5.74) is 12.2. The highest BCUT2D eigenvalue weighted by molar-refractivity contribution is 6.15. The molecule has 18 heavy (non-hydrogen) atoms. The lowest BCUT2D eigenvalue weighted by atomic mass is 9.97. The highest BCUT2D eigenvalue weighted by Crippen LogP contribution is 2.17. The second kappa shape index (κ2) is 4.71. The van der Waals surface area contributed by atoms with E-state index in [1.807, 2.05) is 6.07 Å². The van der Waals surface area contributed by atoms with Crippen molar-refractivity contribution in [1.82, 2.24) is 0 Å². The van der Waals surface area contributed by atoms with E-state index >= 15 is 0 Å². The first kappa shape index (κ1) is 11.9. The Bertz CT molecular complexity index is 606. The summed E-state index contributed by atoms with van der Waals surface area (Å²) in [7, 11) is 0. The van der Waals surface area contributed by atoms with Crippen molar-refractivity contribution < 1.29 is 9.59 Å². The lowest BCUT2D eigenvalue weighted by Crippen LogP contribution is -2.17. The molecule has 4 N–H and O–H groups in total. The molecule has 0 atom stereocenters. The minimum Gasteiger partial charge on any atom is -0.399 e. The predicted octanol–water partition coefficient (Wildman–Crippen LogP) is 1.60. The number of primary amides is 1. The highest BCUT2D eigenvalue weighted by Gasteiger charge is 2.16. The number of hydrogen-bond acceptors (Lipinski definition) is 3. The molecular weight excluding hydrogens is 228 g/mol. The number of anilines is 1. The Kier molecular flexibility index (Phi) is 3.10. The zero-order valence-corrected chi connectivity index (χ0v) is 9.59. The summed E-state index contributed by atoms with van der Waals surface area (Å²) in [5.74, 6) is -0.911. The fourth-order valence-electron chi connectivity index (χ4n) is 1.71. The van der Waals surface area contributed by atoms with Gasteiger partial charge in [-0.15, -0.1) is 0 Å². The van der Waals surface area contributed by atoms with Crippen LogP contribution in [0.25, 0.3) is 0 Å². The predicted molar refractivity (Wildman–Crippen MR) is 69.2 cm³/mol. The lowest BCUT2D eigenvalue weighted by Gasteiger charge is -2.07. The molecule has 0 aliphatic rings. The molecule has 1 amide bonds. The van der Waals surface area contributed by atoms with Gasteiger partial charge in [-0.05, 0) is 18.2 Å². The molecule has 0 fully saturated rings. The molecule has 4 heteroatoms. The molecule has 90 valence electrons. The summed E-state index contributed by atoms with van der Waals surface area (Å²) in [4.78, 5) is 23.6. The van der Waals surface area contributed by atoms with Crippen LogP contribution < -0.4 is 11.5 Å². The number of hydrogen-bond donors (Lipinski definition) is 2. The van der Waals surface area contributed by atoms with Gasteiger partial charge in [-0.1, -0.05) is 30.3 Å². The lowest BCUT2D eigenvalue weighted by molar-refractivity contribution is 0.0981. The molecule has 0 radical (unpaired) electrons. The Morgan fingerprint density at radius 1 is 0.889 bits per heavy atom. The zero-order valence-electron chi connectivity index (χ0n) is 9.59. The van der Waals surface area contributed by atoms with Gasteiger partial charge in [0.1, 0.15) is 0 Å². The van der Waals surface area contributed by atoms with Crippen LogP contribution >= 0.6 is 0 Å². The number of carbonyl (C=O) groups is 2. The van der Waals surface area contributed by atoms with Crippen molar-refractivity contribution in [2.24, 2.45) is 5.73 Å². The van der Waals surface area contributed by atoms with Gasteiger partial charge >= 0.3 is 0 Å². The van der Waals surface area contributed by atoms with Gasteiger partial charge in [0.25, 0.3) is 0 Å². The van der Waals surface area contributed by atoms with Crippen LogP contribution in [-0.2, 0) is 0 Å². The number of rotatable bonds is 3. The zero-order chi connectivity index (χ0) is 13.1. The molecule has 0 bridgehead atoms.